The van der Waals surface area contributed by atoms with Crippen molar-refractivity contribution in [1.82, 2.24) is 9.47 Å². The van der Waals surface area contributed by atoms with Gasteiger partial charge in [-0.1, -0.05) is 18.2 Å². The van der Waals surface area contributed by atoms with E-state index in [1.165, 1.54) is 11.3 Å². The minimum atomic E-state index is 0.00733. The molecule has 144 valence electrons. The molecule has 2 atom stereocenters. The summed E-state index contributed by atoms with van der Waals surface area (Å²) in [4.78, 5) is 28.3. The Morgan fingerprint density at radius 2 is 2.00 bits per heavy atom. The Balaban J connectivity index is 1.58. The molecule has 1 aromatic carbocycles. The zero-order valence-corrected chi connectivity index (χ0v) is 16.6. The summed E-state index contributed by atoms with van der Waals surface area (Å²) in [6.45, 7) is 1.93. The number of amides is 1. The molecule has 5 rings (SSSR count). The number of rotatable bonds is 2. The van der Waals surface area contributed by atoms with Crippen LogP contribution < -0.4 is 5.56 Å². The fourth-order valence-electron chi connectivity index (χ4n) is 4.74. The standard InChI is InChI=1S/C23H19N3O2S/c24-11-15-3-1-4-17(9-15)19-6-7-21(27)26-13-16-10-18(22(19)26)14-25(12-16)23(28)20-5-2-8-29-20/h1-9,16,18H,10,12-14H2/t16-,18+/m0/s1. The van der Waals surface area contributed by atoms with E-state index in [1.807, 2.05) is 51.2 Å². The van der Waals surface area contributed by atoms with E-state index in [9.17, 15) is 14.9 Å². The zero-order chi connectivity index (χ0) is 20.0. The second-order valence-corrected chi connectivity index (χ2v) is 8.71. The van der Waals surface area contributed by atoms with Crippen molar-refractivity contribution in [3.05, 3.63) is 80.4 Å². The van der Waals surface area contributed by atoms with Crippen molar-refractivity contribution >= 4 is 17.2 Å². The molecule has 0 saturated carbocycles. The second-order valence-electron chi connectivity index (χ2n) is 7.76. The molecule has 4 heterocycles. The fraction of sp³-hybridized carbons (Fsp3) is 0.261. The van der Waals surface area contributed by atoms with Crippen molar-refractivity contribution in [2.45, 2.75) is 18.9 Å². The summed E-state index contributed by atoms with van der Waals surface area (Å²) < 4.78 is 1.89. The van der Waals surface area contributed by atoms with E-state index in [2.05, 4.69) is 6.07 Å². The van der Waals surface area contributed by atoms with Gasteiger partial charge < -0.3 is 9.47 Å². The molecule has 1 saturated heterocycles. The van der Waals surface area contributed by atoms with Crippen molar-refractivity contribution in [1.29, 1.82) is 5.26 Å². The summed E-state index contributed by atoms with van der Waals surface area (Å²) in [6, 6.07) is 16.9. The average molecular weight is 401 g/mol. The smallest absolute Gasteiger partial charge is 0.263 e. The van der Waals surface area contributed by atoms with E-state index < -0.39 is 0 Å². The summed E-state index contributed by atoms with van der Waals surface area (Å²) in [5.41, 5.74) is 3.52. The monoisotopic (exact) mass is 401 g/mol. The van der Waals surface area contributed by atoms with E-state index in [1.54, 1.807) is 12.1 Å². The van der Waals surface area contributed by atoms with Crippen LogP contribution in [0.1, 0.15) is 33.3 Å². The molecule has 0 radical (unpaired) electrons. The van der Waals surface area contributed by atoms with Crippen LogP contribution in [0.15, 0.2) is 58.7 Å². The normalized spacial score (nSPS) is 20.0. The molecular formula is C23H19N3O2S. The number of fused-ring (bicyclic) bond motifs is 4. The highest BCUT2D eigenvalue weighted by Gasteiger charge is 2.38. The summed E-state index contributed by atoms with van der Waals surface area (Å²) in [5, 5.41) is 11.2. The van der Waals surface area contributed by atoms with Crippen molar-refractivity contribution in [2.75, 3.05) is 13.1 Å². The first-order valence-corrected chi connectivity index (χ1v) is 10.6. The number of nitrogens with zero attached hydrogens (tertiary/aromatic N) is 3. The number of nitriles is 1. The average Bonchev–Trinajstić information content (AvgIpc) is 3.29. The minimum absolute atomic E-state index is 0.00733. The molecule has 0 aliphatic carbocycles. The first-order valence-electron chi connectivity index (χ1n) is 9.71. The Labute approximate surface area is 172 Å². The van der Waals surface area contributed by atoms with Crippen molar-refractivity contribution in [3.63, 3.8) is 0 Å². The number of carbonyl (C=O) groups is 1. The van der Waals surface area contributed by atoms with Gasteiger partial charge in [-0.15, -0.1) is 11.3 Å². The van der Waals surface area contributed by atoms with Crippen LogP contribution in [0, 0.1) is 17.2 Å². The molecule has 2 aliphatic heterocycles. The number of pyridine rings is 1. The molecule has 0 N–H and O–H groups in total. The molecule has 1 amide bonds. The first kappa shape index (κ1) is 17.9. The molecule has 2 bridgehead atoms. The molecule has 0 unspecified atom stereocenters. The Hall–Kier alpha value is -3.17. The quantitative estimate of drug-likeness (QED) is 0.658. The summed E-state index contributed by atoms with van der Waals surface area (Å²) in [7, 11) is 0. The van der Waals surface area contributed by atoms with Gasteiger partial charge in [0.1, 0.15) is 0 Å². The van der Waals surface area contributed by atoms with Gasteiger partial charge in [0, 0.05) is 42.9 Å². The van der Waals surface area contributed by atoms with E-state index in [-0.39, 0.29) is 23.3 Å². The third-order valence-electron chi connectivity index (χ3n) is 5.91. The van der Waals surface area contributed by atoms with Crippen LogP contribution in [0.3, 0.4) is 0 Å². The predicted molar refractivity (Wildman–Crippen MR) is 112 cm³/mol. The lowest BCUT2D eigenvalue weighted by Crippen LogP contribution is -2.49. The second kappa shape index (κ2) is 7.02. The molecule has 5 nitrogen and oxygen atoms in total. The summed E-state index contributed by atoms with van der Waals surface area (Å²) >= 11 is 1.47. The Morgan fingerprint density at radius 3 is 2.79 bits per heavy atom. The Kier molecular flexibility index (Phi) is 4.33. The van der Waals surface area contributed by atoms with Gasteiger partial charge in [-0.25, -0.2) is 0 Å². The van der Waals surface area contributed by atoms with Crippen molar-refractivity contribution < 1.29 is 4.79 Å². The summed E-state index contributed by atoms with van der Waals surface area (Å²) in [6.07, 6.45) is 0.975. The van der Waals surface area contributed by atoms with Crippen LogP contribution in [0.5, 0.6) is 0 Å². The van der Waals surface area contributed by atoms with Gasteiger partial charge in [-0.05, 0) is 47.5 Å². The highest BCUT2D eigenvalue weighted by molar-refractivity contribution is 7.12. The number of hydrogen-bond acceptors (Lipinski definition) is 4. The number of hydrogen-bond donors (Lipinski definition) is 0. The van der Waals surface area contributed by atoms with Crippen LogP contribution >= 0.6 is 11.3 Å². The molecule has 6 heteroatoms. The van der Waals surface area contributed by atoms with Gasteiger partial charge in [-0.3, -0.25) is 9.59 Å². The number of benzene rings is 1. The van der Waals surface area contributed by atoms with Gasteiger partial charge in [0.05, 0.1) is 16.5 Å². The zero-order valence-electron chi connectivity index (χ0n) is 15.7. The largest absolute Gasteiger partial charge is 0.337 e. The number of aromatic nitrogens is 1. The highest BCUT2D eigenvalue weighted by atomic mass is 32.1. The van der Waals surface area contributed by atoms with Gasteiger partial charge in [-0.2, -0.15) is 5.26 Å². The number of likely N-dealkylation sites (tertiary alicyclic amines) is 1. The topological polar surface area (TPSA) is 66.1 Å². The molecule has 29 heavy (non-hydrogen) atoms. The van der Waals surface area contributed by atoms with Gasteiger partial charge in [0.15, 0.2) is 0 Å². The van der Waals surface area contributed by atoms with Crippen molar-refractivity contribution in [2.24, 2.45) is 5.92 Å². The SMILES string of the molecule is N#Cc1cccc(-c2ccc(=O)n3c2[C@@H]2C[C@@H](CN(C(=O)c4cccs4)C2)C3)c1. The maximum atomic E-state index is 12.9. The number of carbonyl (C=O) groups excluding carboxylic acids is 1. The van der Waals surface area contributed by atoms with Gasteiger partial charge >= 0.3 is 0 Å². The van der Waals surface area contributed by atoms with Crippen LogP contribution in [-0.4, -0.2) is 28.5 Å². The lowest BCUT2D eigenvalue weighted by atomic mass is 9.80. The molecular weight excluding hydrogens is 382 g/mol. The third-order valence-corrected chi connectivity index (χ3v) is 6.77. The summed E-state index contributed by atoms with van der Waals surface area (Å²) in [5.74, 6) is 0.471. The lowest BCUT2D eigenvalue weighted by molar-refractivity contribution is 0.0600. The van der Waals surface area contributed by atoms with E-state index in [0.29, 0.717) is 25.2 Å². The van der Waals surface area contributed by atoms with Gasteiger partial charge in [0.2, 0.25) is 0 Å². The Morgan fingerprint density at radius 1 is 1.10 bits per heavy atom. The van der Waals surface area contributed by atoms with Crippen LogP contribution in [0.4, 0.5) is 0 Å². The van der Waals surface area contributed by atoms with Crippen LogP contribution in [-0.2, 0) is 6.54 Å². The third kappa shape index (κ3) is 3.08. The van der Waals surface area contributed by atoms with E-state index in [4.69, 9.17) is 0 Å². The molecule has 0 spiro atoms. The predicted octanol–water partition coefficient (Wildman–Crippen LogP) is 3.71. The van der Waals surface area contributed by atoms with Crippen molar-refractivity contribution in [3.8, 4) is 17.2 Å². The molecule has 2 aromatic heterocycles. The van der Waals surface area contributed by atoms with Crippen LogP contribution in [0.25, 0.3) is 11.1 Å². The molecule has 1 fully saturated rings. The minimum Gasteiger partial charge on any atom is -0.337 e. The van der Waals surface area contributed by atoms with Gasteiger partial charge in [0.25, 0.3) is 11.5 Å². The maximum Gasteiger partial charge on any atom is 0.263 e. The number of thiophene rings is 1. The first-order chi connectivity index (χ1) is 14.1. The molecule has 3 aromatic rings. The molecule has 2 aliphatic rings. The highest BCUT2D eigenvalue weighted by Crippen LogP contribution is 2.40. The Bertz CT molecular complexity index is 1190. The number of piperidine rings is 1. The van der Waals surface area contributed by atoms with E-state index >= 15 is 0 Å². The van der Waals surface area contributed by atoms with Crippen LogP contribution in [0.2, 0.25) is 0 Å². The van der Waals surface area contributed by atoms with E-state index in [0.717, 1.165) is 28.1 Å². The fourth-order valence-corrected chi connectivity index (χ4v) is 5.43. The maximum absolute atomic E-state index is 12.9. The lowest BCUT2D eigenvalue weighted by Gasteiger charge is -2.43.